The van der Waals surface area contributed by atoms with Gasteiger partial charge < -0.3 is 8.98 Å². The third-order valence-corrected chi connectivity index (χ3v) is 5.73. The van der Waals surface area contributed by atoms with Crippen LogP contribution >= 0.6 is 23.2 Å². The zero-order chi connectivity index (χ0) is 22.2. The molecule has 0 aliphatic heterocycles. The van der Waals surface area contributed by atoms with Crippen molar-refractivity contribution in [2.45, 2.75) is 13.5 Å². The lowest BCUT2D eigenvalue weighted by molar-refractivity contribution is 0.100. The van der Waals surface area contributed by atoms with Crippen LogP contribution in [0.3, 0.4) is 0 Å². The lowest BCUT2D eigenvalue weighted by Gasteiger charge is -2.08. The molecule has 0 radical (unpaired) electrons. The van der Waals surface area contributed by atoms with E-state index in [9.17, 15) is 4.79 Å². The third-order valence-electron chi connectivity index (χ3n) is 5.14. The summed E-state index contributed by atoms with van der Waals surface area (Å²) in [5, 5.41) is 9.89. The second kappa shape index (κ2) is 8.22. The van der Waals surface area contributed by atoms with Crippen molar-refractivity contribution in [1.82, 2.24) is 19.7 Å². The fourth-order valence-corrected chi connectivity index (χ4v) is 4.05. The van der Waals surface area contributed by atoms with Gasteiger partial charge >= 0.3 is 0 Å². The van der Waals surface area contributed by atoms with Gasteiger partial charge in [-0.1, -0.05) is 47.0 Å². The van der Waals surface area contributed by atoms with Crippen LogP contribution in [0, 0.1) is 6.92 Å². The Morgan fingerprint density at radius 1 is 1.06 bits per heavy atom. The minimum atomic E-state index is -0.351. The van der Waals surface area contributed by atoms with Gasteiger partial charge in [-0.2, -0.15) is 0 Å². The van der Waals surface area contributed by atoms with E-state index < -0.39 is 0 Å². The number of benzene rings is 2. The van der Waals surface area contributed by atoms with Gasteiger partial charge in [0.25, 0.3) is 17.6 Å². The largest absolute Gasteiger partial charge is 0.412 e. The zero-order valence-corrected chi connectivity index (χ0v) is 18.4. The highest BCUT2D eigenvalue weighted by Gasteiger charge is 2.23. The average Bonchev–Trinajstić information content (AvgIpc) is 3.41. The summed E-state index contributed by atoms with van der Waals surface area (Å²) < 4.78 is 7.62. The monoisotopic (exact) mass is 462 g/mol. The minimum Gasteiger partial charge on any atom is -0.412 e. The molecule has 2 aromatic carbocycles. The number of fused-ring (bicyclic) bond motifs is 1. The van der Waals surface area contributed by atoms with Gasteiger partial charge in [0.15, 0.2) is 0 Å². The Balaban J connectivity index is 1.56. The summed E-state index contributed by atoms with van der Waals surface area (Å²) in [6.07, 6.45) is 3.42. The Morgan fingerprint density at radius 3 is 2.72 bits per heavy atom. The Bertz CT molecular complexity index is 1460. The van der Waals surface area contributed by atoms with Gasteiger partial charge in [-0.05, 0) is 48.9 Å². The third kappa shape index (κ3) is 3.79. The molecule has 0 atom stereocenters. The maximum absolute atomic E-state index is 13.3. The van der Waals surface area contributed by atoms with Crippen LogP contribution in [0.1, 0.15) is 27.4 Å². The van der Waals surface area contributed by atoms with Crippen LogP contribution in [0.15, 0.2) is 71.4 Å². The van der Waals surface area contributed by atoms with Crippen molar-refractivity contribution < 1.29 is 9.21 Å². The second-order valence-electron chi connectivity index (χ2n) is 7.38. The van der Waals surface area contributed by atoms with E-state index in [1.165, 1.54) is 0 Å². The van der Waals surface area contributed by atoms with Crippen molar-refractivity contribution in [1.29, 1.82) is 0 Å². The maximum atomic E-state index is 13.3. The van der Waals surface area contributed by atoms with E-state index in [2.05, 4.69) is 15.2 Å². The molecule has 6 nitrogen and oxygen atoms in total. The van der Waals surface area contributed by atoms with Crippen molar-refractivity contribution in [3.8, 4) is 11.6 Å². The number of halogens is 2. The van der Waals surface area contributed by atoms with Crippen LogP contribution in [-0.4, -0.2) is 25.5 Å². The topological polar surface area (TPSA) is 73.8 Å². The van der Waals surface area contributed by atoms with Gasteiger partial charge in [0.05, 0.1) is 5.56 Å². The number of carbonyl (C=O) groups excluding carboxylic acids is 1. The lowest BCUT2D eigenvalue weighted by atomic mass is 10.1. The Morgan fingerprint density at radius 2 is 1.94 bits per heavy atom. The van der Waals surface area contributed by atoms with Crippen LogP contribution < -0.4 is 0 Å². The summed E-state index contributed by atoms with van der Waals surface area (Å²) in [6.45, 7) is 2.46. The van der Waals surface area contributed by atoms with Crippen molar-refractivity contribution in [2.24, 2.45) is 0 Å². The molecule has 0 aliphatic rings. The normalized spacial score (nSPS) is 11.2. The standard InChI is InChI=1S/C24H16Cl2N4O2/c1-14-5-8-21-17(10-14)18(13-30(21)12-15-6-7-16(25)11-19(15)26)22(31)24-29-28-23(32-24)20-4-2-3-9-27-20/h2-11,13H,12H2,1H3. The molecular formula is C24H16Cl2N4O2. The molecule has 0 amide bonds. The zero-order valence-electron chi connectivity index (χ0n) is 16.9. The molecule has 5 aromatic rings. The maximum Gasteiger partial charge on any atom is 0.289 e. The predicted molar refractivity (Wildman–Crippen MR) is 123 cm³/mol. The fourth-order valence-electron chi connectivity index (χ4n) is 3.58. The Hall–Kier alpha value is -3.48. The fraction of sp³-hybridized carbons (Fsp3) is 0.0833. The first-order valence-corrected chi connectivity index (χ1v) is 10.6. The predicted octanol–water partition coefficient (Wildman–Crippen LogP) is 5.98. The van der Waals surface area contributed by atoms with Gasteiger partial charge in [-0.3, -0.25) is 9.78 Å². The molecule has 32 heavy (non-hydrogen) atoms. The molecule has 5 rings (SSSR count). The molecule has 158 valence electrons. The number of nitrogens with zero attached hydrogens (tertiary/aromatic N) is 4. The van der Waals surface area contributed by atoms with Gasteiger partial charge in [0, 0.05) is 39.9 Å². The molecule has 0 unspecified atom stereocenters. The first-order chi connectivity index (χ1) is 15.5. The highest BCUT2D eigenvalue weighted by Crippen LogP contribution is 2.28. The molecule has 0 fully saturated rings. The lowest BCUT2D eigenvalue weighted by Crippen LogP contribution is -2.02. The van der Waals surface area contributed by atoms with Crippen molar-refractivity contribution in [2.75, 3.05) is 0 Å². The van der Waals surface area contributed by atoms with Crippen molar-refractivity contribution >= 4 is 39.9 Å². The van der Waals surface area contributed by atoms with E-state index in [1.54, 1.807) is 36.7 Å². The quantitative estimate of drug-likeness (QED) is 0.300. The van der Waals surface area contributed by atoms with Gasteiger partial charge in [-0.25, -0.2) is 0 Å². The van der Waals surface area contributed by atoms with Gasteiger partial charge in [0.2, 0.25) is 0 Å². The number of pyridine rings is 1. The number of rotatable bonds is 5. The Kier molecular flexibility index (Phi) is 5.25. The molecular weight excluding hydrogens is 447 g/mol. The highest BCUT2D eigenvalue weighted by molar-refractivity contribution is 6.35. The number of hydrogen-bond donors (Lipinski definition) is 0. The van der Waals surface area contributed by atoms with E-state index in [1.807, 2.05) is 41.8 Å². The second-order valence-corrected chi connectivity index (χ2v) is 8.23. The number of aryl methyl sites for hydroxylation is 1. The number of hydrogen-bond acceptors (Lipinski definition) is 5. The molecule has 0 N–H and O–H groups in total. The number of ketones is 1. The van der Waals surface area contributed by atoms with Crippen LogP contribution in [-0.2, 0) is 6.54 Å². The minimum absolute atomic E-state index is 0.0873. The molecule has 3 aromatic heterocycles. The first kappa shape index (κ1) is 20.4. The average molecular weight is 463 g/mol. The molecule has 0 saturated carbocycles. The summed E-state index contributed by atoms with van der Waals surface area (Å²) >= 11 is 12.4. The first-order valence-electron chi connectivity index (χ1n) is 9.82. The molecule has 0 spiro atoms. The SMILES string of the molecule is Cc1ccc2c(c1)c(C(=O)c1nnc(-c3ccccn3)o1)cn2Cc1ccc(Cl)cc1Cl. The van der Waals surface area contributed by atoms with Gasteiger partial charge in [0.1, 0.15) is 5.69 Å². The molecule has 0 saturated heterocycles. The Labute approximate surface area is 193 Å². The van der Waals surface area contributed by atoms with E-state index in [0.717, 1.165) is 22.0 Å². The van der Waals surface area contributed by atoms with Gasteiger partial charge in [-0.15, -0.1) is 10.2 Å². The number of carbonyl (C=O) groups is 1. The molecule has 3 heterocycles. The van der Waals surface area contributed by atoms with E-state index in [-0.39, 0.29) is 17.6 Å². The molecule has 0 aliphatic carbocycles. The van der Waals surface area contributed by atoms with Crippen LogP contribution in [0.2, 0.25) is 10.0 Å². The van der Waals surface area contributed by atoms with E-state index in [0.29, 0.717) is 27.8 Å². The molecule has 8 heteroatoms. The molecule has 0 bridgehead atoms. The summed E-state index contributed by atoms with van der Waals surface area (Å²) in [7, 11) is 0. The van der Waals surface area contributed by atoms with Crippen LogP contribution in [0.4, 0.5) is 0 Å². The summed E-state index contributed by atoms with van der Waals surface area (Å²) in [4.78, 5) is 17.5. The van der Waals surface area contributed by atoms with E-state index >= 15 is 0 Å². The highest BCUT2D eigenvalue weighted by atomic mass is 35.5. The van der Waals surface area contributed by atoms with Crippen LogP contribution in [0.25, 0.3) is 22.5 Å². The van der Waals surface area contributed by atoms with Crippen molar-refractivity contribution in [3.63, 3.8) is 0 Å². The summed E-state index contributed by atoms with van der Waals surface area (Å²) in [5.41, 5.74) is 3.81. The number of aromatic nitrogens is 4. The van der Waals surface area contributed by atoms with Crippen molar-refractivity contribution in [3.05, 3.63) is 99.6 Å². The summed E-state index contributed by atoms with van der Waals surface area (Å²) in [5.74, 6) is -0.242. The smallest absolute Gasteiger partial charge is 0.289 e. The van der Waals surface area contributed by atoms with E-state index in [4.69, 9.17) is 27.6 Å². The summed E-state index contributed by atoms with van der Waals surface area (Å²) in [6, 6.07) is 16.7. The van der Waals surface area contributed by atoms with Crippen LogP contribution in [0.5, 0.6) is 0 Å².